The number of nitrogens with zero attached hydrogens (tertiary/aromatic N) is 4. The molecule has 2 aliphatic heterocycles. The number of hydrogen-bond donors (Lipinski definition) is 0. The third-order valence-corrected chi connectivity index (χ3v) is 5.56. The van der Waals surface area contributed by atoms with Crippen molar-refractivity contribution in [2.75, 3.05) is 44.8 Å². The topological polar surface area (TPSA) is 22.1 Å². The van der Waals surface area contributed by atoms with Crippen LogP contribution in [0.15, 0.2) is 47.5 Å². The third-order valence-electron chi connectivity index (χ3n) is 5.32. The van der Waals surface area contributed by atoms with Crippen LogP contribution in [0.2, 0.25) is 5.02 Å². The number of fused-ring (bicyclic) bond motifs is 2. The summed E-state index contributed by atoms with van der Waals surface area (Å²) in [5, 5.41) is 0.764. The van der Waals surface area contributed by atoms with Gasteiger partial charge >= 0.3 is 0 Å². The van der Waals surface area contributed by atoms with Gasteiger partial charge in [0.15, 0.2) is 0 Å². The summed E-state index contributed by atoms with van der Waals surface area (Å²) in [6.45, 7) is 7.22. The lowest BCUT2D eigenvalue weighted by atomic mass is 9.95. The Bertz CT molecular complexity index is 825. The van der Waals surface area contributed by atoms with Crippen molar-refractivity contribution < 1.29 is 0 Å². The fraction of sp³-hybridized carbons (Fsp3) is 0.381. The van der Waals surface area contributed by atoms with Crippen LogP contribution >= 0.6 is 11.6 Å². The van der Waals surface area contributed by atoms with Crippen LogP contribution < -0.4 is 4.90 Å². The molecule has 0 bridgehead atoms. The lowest BCUT2D eigenvalue weighted by Crippen LogP contribution is -2.44. The molecule has 0 spiro atoms. The largest absolute Gasteiger partial charge is 0.304 e. The Labute approximate surface area is 160 Å². The van der Waals surface area contributed by atoms with Gasteiger partial charge in [-0.25, -0.2) is 0 Å². The maximum atomic E-state index is 6.31. The minimum Gasteiger partial charge on any atom is -0.304 e. The zero-order valence-corrected chi connectivity index (χ0v) is 16.2. The molecule has 0 saturated carbocycles. The Kier molecular flexibility index (Phi) is 4.98. The summed E-state index contributed by atoms with van der Waals surface area (Å²) >= 11 is 6.31. The van der Waals surface area contributed by atoms with Gasteiger partial charge < -0.3 is 4.90 Å². The van der Waals surface area contributed by atoms with Crippen molar-refractivity contribution in [3.05, 3.63) is 58.6 Å². The molecule has 5 heteroatoms. The number of rotatable bonds is 2. The average molecular weight is 369 g/mol. The number of aliphatic imine (C=N–C) groups is 1. The summed E-state index contributed by atoms with van der Waals surface area (Å²) in [5.74, 6) is 1.01. The molecule has 1 saturated heterocycles. The Hall–Kier alpha value is -1.88. The minimum absolute atomic E-state index is 0.744. The Morgan fingerprint density at radius 1 is 1.00 bits per heavy atom. The summed E-state index contributed by atoms with van der Waals surface area (Å²) in [4.78, 5) is 12.0. The van der Waals surface area contributed by atoms with Crippen molar-refractivity contribution in [3.8, 4) is 0 Å². The van der Waals surface area contributed by atoms with Gasteiger partial charge in [0.25, 0.3) is 0 Å². The second-order valence-corrected chi connectivity index (χ2v) is 7.62. The third kappa shape index (κ3) is 3.50. The highest BCUT2D eigenvalue weighted by molar-refractivity contribution is 6.31. The van der Waals surface area contributed by atoms with Crippen LogP contribution in [0.4, 0.5) is 11.4 Å². The van der Waals surface area contributed by atoms with Gasteiger partial charge in [0.1, 0.15) is 5.84 Å². The lowest BCUT2D eigenvalue weighted by Gasteiger charge is -2.34. The number of piperazine rings is 1. The van der Waals surface area contributed by atoms with E-state index in [2.05, 4.69) is 65.1 Å². The number of hydrogen-bond acceptors (Lipinski definition) is 3. The molecule has 0 aliphatic carbocycles. The molecule has 2 heterocycles. The quantitative estimate of drug-likeness (QED) is 0.590. The van der Waals surface area contributed by atoms with E-state index in [4.69, 9.17) is 16.6 Å². The maximum Gasteiger partial charge on any atom is 0.106 e. The van der Waals surface area contributed by atoms with Gasteiger partial charge in [-0.2, -0.15) is 0 Å². The average Bonchev–Trinajstić information content (AvgIpc) is 2.65. The van der Waals surface area contributed by atoms with Crippen molar-refractivity contribution in [2.24, 2.45) is 4.99 Å². The second-order valence-electron chi connectivity index (χ2n) is 7.18. The van der Waals surface area contributed by atoms with E-state index >= 15 is 0 Å². The summed E-state index contributed by atoms with van der Waals surface area (Å²) in [7, 11) is 2.18. The molecular formula is C21H25ClN4. The maximum absolute atomic E-state index is 6.31. The Morgan fingerprint density at radius 3 is 2.54 bits per heavy atom. The molecule has 26 heavy (non-hydrogen) atoms. The van der Waals surface area contributed by atoms with Crippen LogP contribution in [0.25, 0.3) is 0 Å². The van der Waals surface area contributed by atoms with Crippen molar-refractivity contribution >= 4 is 28.8 Å². The standard InChI is InChI=1S/C21H25ClN4/c1-16(23-15-25-11-9-24(2)10-12-25)26-20-6-4-3-5-17(20)13-18-7-8-19(22)14-21(18)26/h3-8,14H,9-13,15H2,1-2H3. The van der Waals surface area contributed by atoms with Crippen molar-refractivity contribution in [1.29, 1.82) is 0 Å². The number of benzene rings is 2. The molecule has 2 aliphatic rings. The fourth-order valence-electron chi connectivity index (χ4n) is 3.72. The van der Waals surface area contributed by atoms with Crippen LogP contribution in [0.3, 0.4) is 0 Å². The van der Waals surface area contributed by atoms with E-state index in [-0.39, 0.29) is 0 Å². The molecule has 0 aromatic heterocycles. The smallest absolute Gasteiger partial charge is 0.106 e. The van der Waals surface area contributed by atoms with Gasteiger partial charge in [0.2, 0.25) is 0 Å². The summed E-state index contributed by atoms with van der Waals surface area (Å²) < 4.78 is 0. The van der Waals surface area contributed by atoms with Gasteiger partial charge in [0.05, 0.1) is 18.0 Å². The molecule has 2 aromatic rings. The molecule has 4 nitrogen and oxygen atoms in total. The highest BCUT2D eigenvalue weighted by atomic mass is 35.5. The highest BCUT2D eigenvalue weighted by Crippen LogP contribution is 2.40. The monoisotopic (exact) mass is 368 g/mol. The van der Waals surface area contributed by atoms with E-state index in [0.717, 1.165) is 55.8 Å². The summed E-state index contributed by atoms with van der Waals surface area (Å²) in [5.41, 5.74) is 4.98. The summed E-state index contributed by atoms with van der Waals surface area (Å²) in [6.07, 6.45) is 0.935. The lowest BCUT2D eigenvalue weighted by molar-refractivity contribution is 0.158. The first-order chi connectivity index (χ1) is 12.6. The molecule has 0 unspecified atom stereocenters. The normalized spacial score (nSPS) is 18.6. The number of anilines is 2. The fourth-order valence-corrected chi connectivity index (χ4v) is 3.89. The van der Waals surface area contributed by atoms with Crippen LogP contribution in [-0.2, 0) is 6.42 Å². The van der Waals surface area contributed by atoms with Gasteiger partial charge in [-0.1, -0.05) is 35.9 Å². The molecule has 0 atom stereocenters. The van der Waals surface area contributed by atoms with Gasteiger partial charge in [0, 0.05) is 37.6 Å². The van der Waals surface area contributed by atoms with E-state index in [0.29, 0.717) is 0 Å². The second kappa shape index (κ2) is 7.39. The van der Waals surface area contributed by atoms with E-state index in [9.17, 15) is 0 Å². The zero-order valence-electron chi connectivity index (χ0n) is 15.5. The van der Waals surface area contributed by atoms with Gasteiger partial charge in [-0.3, -0.25) is 14.8 Å². The molecule has 136 valence electrons. The molecular weight excluding hydrogens is 344 g/mol. The van der Waals surface area contributed by atoms with E-state index in [1.54, 1.807) is 0 Å². The molecule has 0 radical (unpaired) electrons. The predicted molar refractivity (Wildman–Crippen MR) is 110 cm³/mol. The molecule has 1 fully saturated rings. The van der Waals surface area contributed by atoms with Crippen molar-refractivity contribution in [1.82, 2.24) is 9.80 Å². The first kappa shape index (κ1) is 17.5. The number of amidine groups is 1. The van der Waals surface area contributed by atoms with Gasteiger partial charge in [-0.15, -0.1) is 0 Å². The Morgan fingerprint density at radius 2 is 1.73 bits per heavy atom. The van der Waals surface area contributed by atoms with E-state index in [1.165, 1.54) is 16.8 Å². The minimum atomic E-state index is 0.744. The van der Waals surface area contributed by atoms with E-state index < -0.39 is 0 Å². The first-order valence-corrected chi connectivity index (χ1v) is 9.58. The van der Waals surface area contributed by atoms with Gasteiger partial charge in [-0.05, 0) is 43.3 Å². The summed E-state index contributed by atoms with van der Waals surface area (Å²) in [6, 6.07) is 14.7. The first-order valence-electron chi connectivity index (χ1n) is 9.20. The van der Waals surface area contributed by atoms with Crippen LogP contribution in [-0.4, -0.2) is 55.5 Å². The van der Waals surface area contributed by atoms with Crippen molar-refractivity contribution in [3.63, 3.8) is 0 Å². The molecule has 2 aromatic carbocycles. The van der Waals surface area contributed by atoms with Crippen molar-refractivity contribution in [2.45, 2.75) is 13.3 Å². The molecule has 0 amide bonds. The SMILES string of the molecule is CC(=NCN1CCN(C)CC1)N1c2ccccc2Cc2ccc(Cl)cc21. The van der Waals surface area contributed by atoms with E-state index in [1.807, 2.05) is 6.07 Å². The van der Waals surface area contributed by atoms with Crippen LogP contribution in [0, 0.1) is 0 Å². The molecule has 4 rings (SSSR count). The number of para-hydroxylation sites is 1. The zero-order chi connectivity index (χ0) is 18.1. The Balaban J connectivity index is 1.64. The number of halogens is 1. The predicted octanol–water partition coefficient (Wildman–Crippen LogP) is 4.01. The van der Waals surface area contributed by atoms with Crippen LogP contribution in [0.1, 0.15) is 18.1 Å². The molecule has 0 N–H and O–H groups in total. The number of likely N-dealkylation sites (N-methyl/N-ethyl adjacent to an activating group) is 1. The highest BCUT2D eigenvalue weighted by Gasteiger charge is 2.24. The van der Waals surface area contributed by atoms with Crippen LogP contribution in [0.5, 0.6) is 0 Å².